The van der Waals surface area contributed by atoms with Crippen LogP contribution in [0.15, 0.2) is 18.2 Å². The lowest BCUT2D eigenvalue weighted by atomic mass is 10.1. The van der Waals surface area contributed by atoms with Crippen LogP contribution in [0, 0.1) is 13.8 Å². The summed E-state index contributed by atoms with van der Waals surface area (Å²) in [4.78, 5) is 16.3. The van der Waals surface area contributed by atoms with E-state index in [9.17, 15) is 4.79 Å². The molecular weight excluding hydrogens is 278 g/mol. The van der Waals surface area contributed by atoms with Crippen molar-refractivity contribution in [1.29, 1.82) is 0 Å². The van der Waals surface area contributed by atoms with Crippen molar-refractivity contribution in [2.24, 2.45) is 0 Å². The lowest BCUT2D eigenvalue weighted by Gasteiger charge is -2.33. The lowest BCUT2D eigenvalue weighted by Crippen LogP contribution is -2.52. The molecule has 2 rings (SSSR count). The molecule has 122 valence electrons. The van der Waals surface area contributed by atoms with Crippen molar-refractivity contribution < 1.29 is 9.53 Å². The number of piperazine rings is 1. The minimum Gasteiger partial charge on any atom is -0.491 e. The summed E-state index contributed by atoms with van der Waals surface area (Å²) < 4.78 is 5.75. The summed E-state index contributed by atoms with van der Waals surface area (Å²) in [6.45, 7) is 11.9. The highest BCUT2D eigenvalue weighted by molar-refractivity contribution is 5.74. The van der Waals surface area contributed by atoms with Gasteiger partial charge in [-0.25, -0.2) is 4.79 Å². The van der Waals surface area contributed by atoms with Crippen molar-refractivity contribution in [2.75, 3.05) is 45.9 Å². The first-order valence-electron chi connectivity index (χ1n) is 8.06. The Kier molecular flexibility index (Phi) is 6.07. The Morgan fingerprint density at radius 1 is 1.23 bits per heavy atom. The summed E-state index contributed by atoms with van der Waals surface area (Å²) in [5.74, 6) is 0.894. The fourth-order valence-corrected chi connectivity index (χ4v) is 2.58. The van der Waals surface area contributed by atoms with Crippen molar-refractivity contribution >= 4 is 6.03 Å². The highest BCUT2D eigenvalue weighted by atomic mass is 16.5. The third-order valence-corrected chi connectivity index (χ3v) is 4.30. The van der Waals surface area contributed by atoms with E-state index in [1.54, 1.807) is 0 Å². The van der Waals surface area contributed by atoms with E-state index in [4.69, 9.17) is 4.74 Å². The molecule has 0 atom stereocenters. The van der Waals surface area contributed by atoms with Crippen molar-refractivity contribution in [3.63, 3.8) is 0 Å². The van der Waals surface area contributed by atoms with Gasteiger partial charge in [-0.3, -0.25) is 0 Å². The second kappa shape index (κ2) is 8.03. The Morgan fingerprint density at radius 3 is 2.64 bits per heavy atom. The SMILES string of the molecule is CCN1CCN(C(=O)NCCOc2cccc(C)c2C)CC1. The summed E-state index contributed by atoms with van der Waals surface area (Å²) in [6.07, 6.45) is 0. The van der Waals surface area contributed by atoms with Gasteiger partial charge in [-0.1, -0.05) is 19.1 Å². The zero-order chi connectivity index (χ0) is 15.9. The van der Waals surface area contributed by atoms with Crippen molar-refractivity contribution in [2.45, 2.75) is 20.8 Å². The molecule has 22 heavy (non-hydrogen) atoms. The first kappa shape index (κ1) is 16.6. The number of rotatable bonds is 5. The summed E-state index contributed by atoms with van der Waals surface area (Å²) in [5.41, 5.74) is 2.37. The van der Waals surface area contributed by atoms with Gasteiger partial charge in [-0.15, -0.1) is 0 Å². The Balaban J connectivity index is 1.68. The van der Waals surface area contributed by atoms with Gasteiger partial charge in [0.2, 0.25) is 0 Å². The van der Waals surface area contributed by atoms with Crippen LogP contribution in [0.3, 0.4) is 0 Å². The second-order valence-electron chi connectivity index (χ2n) is 5.70. The number of nitrogens with zero attached hydrogens (tertiary/aromatic N) is 2. The maximum atomic E-state index is 12.1. The predicted octanol–water partition coefficient (Wildman–Crippen LogP) is 2.03. The number of hydrogen-bond acceptors (Lipinski definition) is 3. The molecular formula is C17H27N3O2. The minimum absolute atomic E-state index is 0.0142. The van der Waals surface area contributed by atoms with Gasteiger partial charge in [-0.2, -0.15) is 0 Å². The number of nitrogens with one attached hydrogen (secondary N) is 1. The maximum absolute atomic E-state index is 12.1. The van der Waals surface area contributed by atoms with E-state index in [1.807, 2.05) is 17.0 Å². The third kappa shape index (κ3) is 4.37. The molecule has 0 unspecified atom stereocenters. The second-order valence-corrected chi connectivity index (χ2v) is 5.70. The molecule has 1 aliphatic rings. The third-order valence-electron chi connectivity index (χ3n) is 4.30. The van der Waals surface area contributed by atoms with Crippen LogP contribution in [0.25, 0.3) is 0 Å². The van der Waals surface area contributed by atoms with Gasteiger partial charge in [0.25, 0.3) is 0 Å². The topological polar surface area (TPSA) is 44.8 Å². The van der Waals surface area contributed by atoms with Crippen molar-refractivity contribution in [3.05, 3.63) is 29.3 Å². The Hall–Kier alpha value is -1.75. The Labute approximate surface area is 133 Å². The average Bonchev–Trinajstić information content (AvgIpc) is 2.55. The first-order valence-corrected chi connectivity index (χ1v) is 8.06. The molecule has 1 aromatic rings. The van der Waals surface area contributed by atoms with Gasteiger partial charge in [0.1, 0.15) is 12.4 Å². The fourth-order valence-electron chi connectivity index (χ4n) is 2.58. The molecule has 1 fully saturated rings. The van der Waals surface area contributed by atoms with E-state index >= 15 is 0 Å². The number of carbonyl (C=O) groups excluding carboxylic acids is 1. The van der Waals surface area contributed by atoms with Crippen LogP contribution in [0.5, 0.6) is 5.75 Å². The predicted molar refractivity (Wildman–Crippen MR) is 88.5 cm³/mol. The largest absolute Gasteiger partial charge is 0.491 e. The average molecular weight is 305 g/mol. The summed E-state index contributed by atoms with van der Waals surface area (Å²) in [5, 5.41) is 2.93. The van der Waals surface area contributed by atoms with Crippen LogP contribution in [-0.4, -0.2) is 61.7 Å². The number of ether oxygens (including phenoxy) is 1. The number of amides is 2. The molecule has 0 aromatic heterocycles. The number of benzene rings is 1. The summed E-state index contributed by atoms with van der Waals surface area (Å²) in [7, 11) is 0. The quantitative estimate of drug-likeness (QED) is 0.847. The molecule has 1 aliphatic heterocycles. The van der Waals surface area contributed by atoms with Crippen LogP contribution in [0.2, 0.25) is 0 Å². The molecule has 0 spiro atoms. The number of likely N-dealkylation sites (N-methyl/N-ethyl adjacent to an activating group) is 1. The number of aryl methyl sites for hydroxylation is 1. The Morgan fingerprint density at radius 2 is 1.95 bits per heavy atom. The van der Waals surface area contributed by atoms with Crippen LogP contribution in [0.4, 0.5) is 4.79 Å². The number of urea groups is 1. The standard InChI is InChI=1S/C17H27N3O2/c1-4-19-9-11-20(12-10-19)17(21)18-8-13-22-16-7-5-6-14(2)15(16)3/h5-7H,4,8-13H2,1-3H3,(H,18,21). The van der Waals surface area contributed by atoms with E-state index < -0.39 is 0 Å². The monoisotopic (exact) mass is 305 g/mol. The van der Waals surface area contributed by atoms with E-state index in [-0.39, 0.29) is 6.03 Å². The van der Waals surface area contributed by atoms with Crippen LogP contribution < -0.4 is 10.1 Å². The fraction of sp³-hybridized carbons (Fsp3) is 0.588. The first-order chi connectivity index (χ1) is 10.6. The molecule has 5 nitrogen and oxygen atoms in total. The number of hydrogen-bond donors (Lipinski definition) is 1. The normalized spacial score (nSPS) is 15.7. The van der Waals surface area contributed by atoms with Gasteiger partial charge < -0.3 is 19.9 Å². The molecule has 1 N–H and O–H groups in total. The highest BCUT2D eigenvalue weighted by Crippen LogP contribution is 2.20. The van der Waals surface area contributed by atoms with Gasteiger partial charge in [0.15, 0.2) is 0 Å². The van der Waals surface area contributed by atoms with Crippen LogP contribution >= 0.6 is 0 Å². The van der Waals surface area contributed by atoms with Crippen molar-refractivity contribution in [3.8, 4) is 5.75 Å². The van der Waals surface area contributed by atoms with Gasteiger partial charge >= 0.3 is 6.03 Å². The van der Waals surface area contributed by atoms with E-state index in [1.165, 1.54) is 5.56 Å². The molecule has 5 heteroatoms. The van der Waals surface area contributed by atoms with E-state index in [2.05, 4.69) is 37.1 Å². The molecule has 2 amide bonds. The van der Waals surface area contributed by atoms with Gasteiger partial charge in [-0.05, 0) is 37.6 Å². The number of carbonyl (C=O) groups is 1. The molecule has 1 heterocycles. The molecule has 0 saturated carbocycles. The molecule has 0 radical (unpaired) electrons. The Bertz CT molecular complexity index is 497. The van der Waals surface area contributed by atoms with Crippen LogP contribution in [-0.2, 0) is 0 Å². The maximum Gasteiger partial charge on any atom is 0.317 e. The molecule has 0 aliphatic carbocycles. The summed E-state index contributed by atoms with van der Waals surface area (Å²) >= 11 is 0. The summed E-state index contributed by atoms with van der Waals surface area (Å²) in [6, 6.07) is 6.04. The van der Waals surface area contributed by atoms with E-state index in [0.29, 0.717) is 13.2 Å². The van der Waals surface area contributed by atoms with E-state index in [0.717, 1.165) is 44.0 Å². The van der Waals surface area contributed by atoms with Crippen molar-refractivity contribution in [1.82, 2.24) is 15.1 Å². The zero-order valence-electron chi connectivity index (χ0n) is 13.9. The smallest absolute Gasteiger partial charge is 0.317 e. The van der Waals surface area contributed by atoms with Gasteiger partial charge in [0.05, 0.1) is 6.54 Å². The zero-order valence-corrected chi connectivity index (χ0v) is 13.9. The molecule has 1 aromatic carbocycles. The highest BCUT2D eigenvalue weighted by Gasteiger charge is 2.19. The minimum atomic E-state index is 0.0142. The van der Waals surface area contributed by atoms with Crippen LogP contribution in [0.1, 0.15) is 18.1 Å². The lowest BCUT2D eigenvalue weighted by molar-refractivity contribution is 0.142. The van der Waals surface area contributed by atoms with Gasteiger partial charge in [0, 0.05) is 26.2 Å². The molecule has 0 bridgehead atoms. The molecule has 1 saturated heterocycles.